The quantitative estimate of drug-likeness (QED) is 0.237. The molecule has 0 atom stereocenters. The fourth-order valence-electron chi connectivity index (χ4n) is 0. The van der Waals surface area contributed by atoms with Gasteiger partial charge in [0.2, 0.25) is 0 Å². The third kappa shape index (κ3) is 28.4. The summed E-state index contributed by atoms with van der Waals surface area (Å²) in [6.07, 6.45) is 0. The van der Waals surface area contributed by atoms with Crippen molar-refractivity contribution in [2.75, 3.05) is 0 Å². The van der Waals surface area contributed by atoms with Crippen LogP contribution in [0, 0.1) is 0 Å². The van der Waals surface area contributed by atoms with Gasteiger partial charge in [0.05, 0.1) is 11.9 Å². The van der Waals surface area contributed by atoms with Crippen molar-refractivity contribution in [1.29, 1.82) is 0 Å². The molecule has 0 aromatic rings. The molecule has 7 heteroatoms. The van der Waals surface area contributed by atoms with E-state index in [-0.39, 0.29) is 23.5 Å². The van der Waals surface area contributed by atoms with Gasteiger partial charge >= 0.3 is 17.1 Å². The fraction of sp³-hybridized carbons (Fsp3) is 0. The molecule has 0 aromatic carbocycles. The molecule has 1 N–H and O–H groups in total. The molecule has 0 amide bonds. The molecule has 0 saturated carbocycles. The normalized spacial score (nSPS) is 5.60. The molecule has 6 nitrogen and oxygen atoms in total. The number of aliphatic carboxylic acids is 2. The molecule has 0 heterocycles. The van der Waals surface area contributed by atoms with Crippen LogP contribution < -0.4 is 10.2 Å². The first-order valence-corrected chi connectivity index (χ1v) is 1.56. The Balaban J connectivity index is -0.000000107. The van der Waals surface area contributed by atoms with Crippen molar-refractivity contribution >= 4 is 18.4 Å². The Bertz CT molecular complexity index is 108. The first kappa shape index (κ1) is 16.0. The van der Waals surface area contributed by atoms with Gasteiger partial charge in [0.25, 0.3) is 6.47 Å². The van der Waals surface area contributed by atoms with Crippen LogP contribution in [0.1, 0.15) is 0 Å². The van der Waals surface area contributed by atoms with Gasteiger partial charge in [-0.15, -0.1) is 0 Å². The van der Waals surface area contributed by atoms with Crippen molar-refractivity contribution in [3.63, 3.8) is 0 Å². The molecular weight excluding hydrogens is 188 g/mol. The number of hydrogen-bond acceptors (Lipinski definition) is 5. The summed E-state index contributed by atoms with van der Waals surface area (Å²) >= 11 is 0. The van der Waals surface area contributed by atoms with Gasteiger partial charge in [-0.05, 0) is 0 Å². The minimum Gasteiger partial charge on any atom is -0.543 e. The molecule has 0 aliphatic rings. The van der Waals surface area contributed by atoms with Crippen molar-refractivity contribution < 1.29 is 46.8 Å². The van der Waals surface area contributed by atoms with E-state index in [2.05, 4.69) is 0 Å². The zero-order valence-electron chi connectivity index (χ0n) is 4.42. The van der Waals surface area contributed by atoms with Crippen molar-refractivity contribution in [1.82, 2.24) is 0 Å². The van der Waals surface area contributed by atoms with E-state index in [0.29, 0.717) is 0 Å². The fourth-order valence-corrected chi connectivity index (χ4v) is 0. The zero-order valence-corrected chi connectivity index (χ0v) is 5.52. The van der Waals surface area contributed by atoms with E-state index in [1.165, 1.54) is 0 Å². The van der Waals surface area contributed by atoms with Crippen LogP contribution in [0.25, 0.3) is 0 Å². The summed E-state index contributed by atoms with van der Waals surface area (Å²) in [5.74, 6) is -4.37. The second kappa shape index (κ2) is 10.8. The molecule has 0 saturated heterocycles. The van der Waals surface area contributed by atoms with Gasteiger partial charge in [0.1, 0.15) is 0 Å². The topological polar surface area (TPSA) is 118 Å². The van der Waals surface area contributed by atoms with Gasteiger partial charge in [-0.1, -0.05) is 0 Å². The molecule has 0 aliphatic heterocycles. The number of carbonyl (C=O) groups is 3. The van der Waals surface area contributed by atoms with Gasteiger partial charge in [0, 0.05) is 0 Å². The summed E-state index contributed by atoms with van der Waals surface area (Å²) in [6, 6.07) is 0. The van der Waals surface area contributed by atoms with Gasteiger partial charge < -0.3 is 24.9 Å². The number of hydrogen-bond donors (Lipinski definition) is 1. The van der Waals surface area contributed by atoms with Crippen LogP contribution in [0.5, 0.6) is 0 Å². The summed E-state index contributed by atoms with van der Waals surface area (Å²) < 4.78 is 0. The Hall–Kier alpha value is -1.07. The van der Waals surface area contributed by atoms with E-state index >= 15 is 0 Å². The zero-order chi connectivity index (χ0) is 7.86. The molecule has 0 fully saturated rings. The predicted molar refractivity (Wildman–Crippen MR) is 18.7 cm³/mol. The van der Waals surface area contributed by atoms with Crippen molar-refractivity contribution in [2.45, 2.75) is 0 Å². The van der Waals surface area contributed by atoms with E-state index in [0.717, 1.165) is 0 Å². The monoisotopic (exact) mass is 190 g/mol. The average molecular weight is 190 g/mol. The number of rotatable bonds is 0. The number of carboxylic acid groups (broad SMARTS) is 3. The van der Waals surface area contributed by atoms with Gasteiger partial charge in [-0.2, -0.15) is 0 Å². The SMILES string of the molecule is O=C([O-])C(=O)[O-].O=CO.[Fe+2]. The predicted octanol–water partition coefficient (Wildman–Crippen LogP) is -3.82. The maximum Gasteiger partial charge on any atom is 2.00 e. The molecule has 10 heavy (non-hydrogen) atoms. The second-order valence-electron chi connectivity index (χ2n) is 0.680. The first-order valence-electron chi connectivity index (χ1n) is 1.56. The van der Waals surface area contributed by atoms with Crippen molar-refractivity contribution in [3.05, 3.63) is 0 Å². The van der Waals surface area contributed by atoms with Crippen LogP contribution in [0.2, 0.25) is 0 Å². The summed E-state index contributed by atoms with van der Waals surface area (Å²) in [7, 11) is 0. The van der Waals surface area contributed by atoms with E-state index in [1.54, 1.807) is 0 Å². The maximum atomic E-state index is 8.93. The minimum atomic E-state index is -2.19. The molecule has 58 valence electrons. The molecule has 0 aromatic heterocycles. The van der Waals surface area contributed by atoms with E-state index < -0.39 is 11.9 Å². The maximum absolute atomic E-state index is 8.93. The minimum absolute atomic E-state index is 0. The van der Waals surface area contributed by atoms with Crippen LogP contribution >= 0.6 is 0 Å². The summed E-state index contributed by atoms with van der Waals surface area (Å²) in [4.78, 5) is 26.2. The standard InChI is InChI=1S/C2H2O4.CH2O2.Fe/c3-1(4)2(5)6;2-1-3;/h(H,3,4)(H,5,6);1H,(H,2,3);/q;;+2/p-2. The van der Waals surface area contributed by atoms with Gasteiger partial charge in [-0.3, -0.25) is 4.79 Å². The molecular formula is C3H2FeO6. The largest absolute Gasteiger partial charge is 2.00 e. The summed E-state index contributed by atoms with van der Waals surface area (Å²) in [6.45, 7) is -0.250. The summed E-state index contributed by atoms with van der Waals surface area (Å²) in [5, 5.41) is 24.7. The third-order valence-corrected chi connectivity index (χ3v) is 0.167. The van der Waals surface area contributed by atoms with Crippen molar-refractivity contribution in [3.8, 4) is 0 Å². The molecule has 0 bridgehead atoms. The Morgan fingerprint density at radius 1 is 1.20 bits per heavy atom. The van der Waals surface area contributed by atoms with Crippen molar-refractivity contribution in [2.24, 2.45) is 0 Å². The second-order valence-corrected chi connectivity index (χ2v) is 0.680. The summed E-state index contributed by atoms with van der Waals surface area (Å²) in [5.41, 5.74) is 0. The van der Waals surface area contributed by atoms with Crippen LogP contribution in [-0.4, -0.2) is 23.5 Å². The average Bonchev–Trinajstić information content (AvgIpc) is 1.68. The number of carbonyl (C=O) groups excluding carboxylic acids is 2. The Morgan fingerprint density at radius 2 is 1.30 bits per heavy atom. The molecule has 0 unspecified atom stereocenters. The van der Waals surface area contributed by atoms with E-state index in [4.69, 9.17) is 29.7 Å². The van der Waals surface area contributed by atoms with E-state index in [9.17, 15) is 0 Å². The Morgan fingerprint density at radius 3 is 1.30 bits per heavy atom. The Labute approximate surface area is 65.9 Å². The van der Waals surface area contributed by atoms with Gasteiger partial charge in [-0.25, -0.2) is 0 Å². The smallest absolute Gasteiger partial charge is 0.543 e. The van der Waals surface area contributed by atoms with Crippen LogP contribution in [0.3, 0.4) is 0 Å². The van der Waals surface area contributed by atoms with E-state index in [1.807, 2.05) is 0 Å². The van der Waals surface area contributed by atoms with Crippen LogP contribution in [0.15, 0.2) is 0 Å². The van der Waals surface area contributed by atoms with Gasteiger partial charge in [0.15, 0.2) is 0 Å². The van der Waals surface area contributed by atoms with Crippen LogP contribution in [0.4, 0.5) is 0 Å². The molecule has 0 spiro atoms. The first-order chi connectivity index (χ1) is 4.06. The molecule has 0 rings (SSSR count). The number of carboxylic acids is 2. The third-order valence-electron chi connectivity index (χ3n) is 0.167. The molecule has 0 aliphatic carbocycles. The Kier molecular flexibility index (Phi) is 17.3. The van der Waals surface area contributed by atoms with Crippen LogP contribution in [-0.2, 0) is 31.5 Å². The molecule has 0 radical (unpaired) electrons.